The minimum atomic E-state index is -0.300. The van der Waals surface area contributed by atoms with Crippen LogP contribution >= 0.6 is 0 Å². The number of amides is 1. The van der Waals surface area contributed by atoms with Gasteiger partial charge in [-0.25, -0.2) is 4.68 Å². The fraction of sp³-hybridized carbons (Fsp3) is 0.583. The molecule has 0 aliphatic carbocycles. The second kappa shape index (κ2) is 5.66. The predicted molar refractivity (Wildman–Crippen MR) is 70.6 cm³/mol. The van der Waals surface area contributed by atoms with E-state index in [9.17, 15) is 9.59 Å². The second-order valence-electron chi connectivity index (χ2n) is 4.78. The SMILES string of the molecule is CCC(C)(C)NC(=O)Cn1ncc(NC)cc1=O. The molecule has 0 unspecified atom stereocenters. The quantitative estimate of drug-likeness (QED) is 0.804. The molecule has 0 aliphatic rings. The van der Waals surface area contributed by atoms with Crippen LogP contribution in [0.1, 0.15) is 27.2 Å². The normalized spacial score (nSPS) is 11.1. The summed E-state index contributed by atoms with van der Waals surface area (Å²) in [5, 5.41) is 9.60. The summed E-state index contributed by atoms with van der Waals surface area (Å²) in [5.74, 6) is -0.214. The van der Waals surface area contributed by atoms with Crippen molar-refractivity contribution in [2.24, 2.45) is 0 Å². The number of carbonyl (C=O) groups is 1. The fourth-order valence-corrected chi connectivity index (χ4v) is 1.33. The Morgan fingerprint density at radius 1 is 1.50 bits per heavy atom. The van der Waals surface area contributed by atoms with Gasteiger partial charge in [0.2, 0.25) is 5.91 Å². The van der Waals surface area contributed by atoms with Crippen LogP contribution in [-0.2, 0) is 11.3 Å². The monoisotopic (exact) mass is 252 g/mol. The van der Waals surface area contributed by atoms with Crippen molar-refractivity contribution in [3.8, 4) is 0 Å². The van der Waals surface area contributed by atoms with Crippen LogP contribution in [0.2, 0.25) is 0 Å². The van der Waals surface area contributed by atoms with E-state index >= 15 is 0 Å². The largest absolute Gasteiger partial charge is 0.387 e. The van der Waals surface area contributed by atoms with Crippen LogP contribution in [0.4, 0.5) is 5.69 Å². The summed E-state index contributed by atoms with van der Waals surface area (Å²) in [6, 6.07) is 1.41. The van der Waals surface area contributed by atoms with Gasteiger partial charge in [-0.3, -0.25) is 9.59 Å². The Hall–Kier alpha value is -1.85. The molecule has 0 atom stereocenters. The molecule has 0 bridgehead atoms. The fourth-order valence-electron chi connectivity index (χ4n) is 1.33. The molecule has 0 aromatic carbocycles. The highest BCUT2D eigenvalue weighted by Gasteiger charge is 2.18. The second-order valence-corrected chi connectivity index (χ2v) is 4.78. The molecule has 1 rings (SSSR count). The zero-order valence-corrected chi connectivity index (χ0v) is 11.3. The lowest BCUT2D eigenvalue weighted by Crippen LogP contribution is -2.45. The highest BCUT2D eigenvalue weighted by molar-refractivity contribution is 5.76. The van der Waals surface area contributed by atoms with E-state index in [0.29, 0.717) is 5.69 Å². The lowest BCUT2D eigenvalue weighted by Gasteiger charge is -2.24. The number of hydrogen-bond acceptors (Lipinski definition) is 4. The number of nitrogens with one attached hydrogen (secondary N) is 2. The van der Waals surface area contributed by atoms with Gasteiger partial charge in [0, 0.05) is 18.7 Å². The standard InChI is InChI=1S/C12H20N4O2/c1-5-12(2,3)15-10(17)8-16-11(18)6-9(13-4)7-14-16/h6-7,13H,5,8H2,1-4H3,(H,15,17). The lowest BCUT2D eigenvalue weighted by atomic mass is 10.0. The Labute approximate surface area is 106 Å². The van der Waals surface area contributed by atoms with Crippen molar-refractivity contribution in [2.75, 3.05) is 12.4 Å². The Bertz CT molecular complexity index is 479. The van der Waals surface area contributed by atoms with E-state index in [-0.39, 0.29) is 23.6 Å². The van der Waals surface area contributed by atoms with Gasteiger partial charge in [-0.15, -0.1) is 0 Å². The first-order chi connectivity index (χ1) is 8.38. The van der Waals surface area contributed by atoms with E-state index in [1.807, 2.05) is 20.8 Å². The average Bonchev–Trinajstić information content (AvgIpc) is 2.31. The van der Waals surface area contributed by atoms with Gasteiger partial charge < -0.3 is 10.6 Å². The number of aromatic nitrogens is 2. The zero-order chi connectivity index (χ0) is 13.8. The summed E-state index contributed by atoms with van der Waals surface area (Å²) in [5.41, 5.74) is 0.0582. The summed E-state index contributed by atoms with van der Waals surface area (Å²) in [6.07, 6.45) is 2.33. The molecule has 0 aliphatic heterocycles. The smallest absolute Gasteiger partial charge is 0.269 e. The van der Waals surface area contributed by atoms with Crippen molar-refractivity contribution in [3.05, 3.63) is 22.6 Å². The highest BCUT2D eigenvalue weighted by Crippen LogP contribution is 2.06. The third-order valence-corrected chi connectivity index (χ3v) is 2.81. The lowest BCUT2D eigenvalue weighted by molar-refractivity contribution is -0.123. The van der Waals surface area contributed by atoms with E-state index in [1.165, 1.54) is 12.3 Å². The number of carbonyl (C=O) groups excluding carboxylic acids is 1. The van der Waals surface area contributed by atoms with Gasteiger partial charge in [0.25, 0.3) is 5.56 Å². The topological polar surface area (TPSA) is 76.0 Å². The summed E-state index contributed by atoms with van der Waals surface area (Å²) in [6.45, 7) is 5.80. The van der Waals surface area contributed by atoms with Crippen molar-refractivity contribution >= 4 is 11.6 Å². The van der Waals surface area contributed by atoms with Crippen LogP contribution in [0.5, 0.6) is 0 Å². The summed E-state index contributed by atoms with van der Waals surface area (Å²) in [7, 11) is 1.71. The van der Waals surface area contributed by atoms with Gasteiger partial charge in [-0.1, -0.05) is 6.92 Å². The van der Waals surface area contributed by atoms with Crippen LogP contribution in [0.25, 0.3) is 0 Å². The molecule has 0 fully saturated rings. The zero-order valence-electron chi connectivity index (χ0n) is 11.3. The van der Waals surface area contributed by atoms with Crippen LogP contribution in [0.3, 0.4) is 0 Å². The number of nitrogens with zero attached hydrogens (tertiary/aromatic N) is 2. The number of hydrogen-bond donors (Lipinski definition) is 2. The van der Waals surface area contributed by atoms with Gasteiger partial charge >= 0.3 is 0 Å². The molecular weight excluding hydrogens is 232 g/mol. The van der Waals surface area contributed by atoms with E-state index in [4.69, 9.17) is 0 Å². The van der Waals surface area contributed by atoms with E-state index < -0.39 is 0 Å². The first kappa shape index (κ1) is 14.2. The molecule has 6 heteroatoms. The van der Waals surface area contributed by atoms with Gasteiger partial charge in [0.1, 0.15) is 6.54 Å². The van der Waals surface area contributed by atoms with Gasteiger partial charge in [-0.05, 0) is 20.3 Å². The van der Waals surface area contributed by atoms with Crippen molar-refractivity contribution < 1.29 is 4.79 Å². The predicted octanol–water partition coefficient (Wildman–Crippen LogP) is 0.590. The minimum Gasteiger partial charge on any atom is -0.387 e. The molecule has 6 nitrogen and oxygen atoms in total. The van der Waals surface area contributed by atoms with Crippen LogP contribution in [0.15, 0.2) is 17.1 Å². The highest BCUT2D eigenvalue weighted by atomic mass is 16.2. The molecular formula is C12H20N4O2. The van der Waals surface area contributed by atoms with Crippen LogP contribution in [-0.4, -0.2) is 28.3 Å². The maximum atomic E-state index is 11.8. The number of rotatable bonds is 5. The molecule has 1 heterocycles. The van der Waals surface area contributed by atoms with Gasteiger partial charge in [-0.2, -0.15) is 5.10 Å². The number of anilines is 1. The Kier molecular flexibility index (Phi) is 4.47. The van der Waals surface area contributed by atoms with Gasteiger partial charge in [0.05, 0.1) is 11.9 Å². The molecule has 100 valence electrons. The molecule has 0 saturated heterocycles. The third-order valence-electron chi connectivity index (χ3n) is 2.81. The van der Waals surface area contributed by atoms with Crippen molar-refractivity contribution in [1.29, 1.82) is 0 Å². The summed E-state index contributed by atoms with van der Waals surface area (Å²) in [4.78, 5) is 23.4. The maximum absolute atomic E-state index is 11.8. The van der Waals surface area contributed by atoms with E-state index in [2.05, 4.69) is 15.7 Å². The third kappa shape index (κ3) is 3.87. The maximum Gasteiger partial charge on any atom is 0.269 e. The van der Waals surface area contributed by atoms with Crippen LogP contribution < -0.4 is 16.2 Å². The first-order valence-electron chi connectivity index (χ1n) is 5.94. The van der Waals surface area contributed by atoms with Crippen molar-refractivity contribution in [2.45, 2.75) is 39.3 Å². The summed E-state index contributed by atoms with van der Waals surface area (Å²) < 4.78 is 1.14. The van der Waals surface area contributed by atoms with Gasteiger partial charge in [0.15, 0.2) is 0 Å². The summed E-state index contributed by atoms with van der Waals surface area (Å²) >= 11 is 0. The van der Waals surface area contributed by atoms with E-state index in [1.54, 1.807) is 7.05 Å². The first-order valence-corrected chi connectivity index (χ1v) is 5.94. The Morgan fingerprint density at radius 2 is 2.17 bits per heavy atom. The molecule has 18 heavy (non-hydrogen) atoms. The average molecular weight is 252 g/mol. The van der Waals surface area contributed by atoms with Crippen LogP contribution in [0, 0.1) is 0 Å². The molecule has 0 saturated carbocycles. The van der Waals surface area contributed by atoms with E-state index in [0.717, 1.165) is 11.1 Å². The molecule has 2 N–H and O–H groups in total. The van der Waals surface area contributed by atoms with Crippen molar-refractivity contribution in [3.63, 3.8) is 0 Å². The molecule has 1 aromatic rings. The van der Waals surface area contributed by atoms with Crippen molar-refractivity contribution in [1.82, 2.24) is 15.1 Å². The Balaban J connectivity index is 2.74. The minimum absolute atomic E-state index is 0.0632. The molecule has 0 radical (unpaired) electrons. The molecule has 1 amide bonds. The molecule has 0 spiro atoms. The Morgan fingerprint density at radius 3 is 2.67 bits per heavy atom. The molecule has 1 aromatic heterocycles.